The van der Waals surface area contributed by atoms with E-state index in [0.29, 0.717) is 0 Å². The fourth-order valence-electron chi connectivity index (χ4n) is 0.748. The molecule has 12 heavy (non-hydrogen) atoms. The summed E-state index contributed by atoms with van der Waals surface area (Å²) in [5.74, 6) is -0.516. The normalized spacial score (nSPS) is 14.7. The summed E-state index contributed by atoms with van der Waals surface area (Å²) in [6.07, 6.45) is 0.749. The SMILES string of the molecule is CC=C(C(=O)ON(C)C)C(C)O. The average molecular weight is 173 g/mol. The van der Waals surface area contributed by atoms with E-state index in [1.165, 1.54) is 18.1 Å². The van der Waals surface area contributed by atoms with Crippen LogP contribution in [0.4, 0.5) is 0 Å². The van der Waals surface area contributed by atoms with Crippen LogP contribution in [-0.2, 0) is 9.63 Å². The molecule has 0 fully saturated rings. The molecule has 1 N–H and O–H groups in total. The summed E-state index contributed by atoms with van der Waals surface area (Å²) in [7, 11) is 3.21. The first kappa shape index (κ1) is 11.1. The van der Waals surface area contributed by atoms with E-state index in [4.69, 9.17) is 9.94 Å². The summed E-state index contributed by atoms with van der Waals surface area (Å²) in [6, 6.07) is 0. The van der Waals surface area contributed by atoms with E-state index >= 15 is 0 Å². The fraction of sp³-hybridized carbons (Fsp3) is 0.625. The van der Waals surface area contributed by atoms with E-state index in [1.807, 2.05) is 0 Å². The number of hydroxylamine groups is 2. The smallest absolute Gasteiger partial charge is 0.355 e. The van der Waals surface area contributed by atoms with Gasteiger partial charge in [-0.2, -0.15) is 0 Å². The Hall–Kier alpha value is -0.870. The zero-order valence-electron chi connectivity index (χ0n) is 7.87. The first-order valence-corrected chi connectivity index (χ1v) is 3.73. The third-order valence-electron chi connectivity index (χ3n) is 1.26. The zero-order chi connectivity index (χ0) is 9.72. The molecule has 70 valence electrons. The van der Waals surface area contributed by atoms with Crippen LogP contribution in [0.25, 0.3) is 0 Å². The highest BCUT2D eigenvalue weighted by Gasteiger charge is 2.15. The molecule has 1 unspecified atom stereocenters. The summed E-state index contributed by atoms with van der Waals surface area (Å²) in [6.45, 7) is 3.20. The van der Waals surface area contributed by atoms with Gasteiger partial charge in [0.25, 0.3) is 0 Å². The van der Waals surface area contributed by atoms with Gasteiger partial charge in [0.2, 0.25) is 0 Å². The summed E-state index contributed by atoms with van der Waals surface area (Å²) >= 11 is 0. The Bertz CT molecular complexity index is 185. The van der Waals surface area contributed by atoms with Crippen LogP contribution in [0.5, 0.6) is 0 Å². The minimum absolute atomic E-state index is 0.267. The van der Waals surface area contributed by atoms with Gasteiger partial charge >= 0.3 is 5.97 Å². The molecule has 0 aromatic heterocycles. The van der Waals surface area contributed by atoms with Crippen molar-refractivity contribution in [3.63, 3.8) is 0 Å². The van der Waals surface area contributed by atoms with Gasteiger partial charge in [-0.25, -0.2) is 4.79 Å². The maximum atomic E-state index is 11.1. The molecule has 4 heteroatoms. The van der Waals surface area contributed by atoms with Crippen LogP contribution < -0.4 is 0 Å². The quantitative estimate of drug-likeness (QED) is 0.493. The van der Waals surface area contributed by atoms with Gasteiger partial charge in [-0.1, -0.05) is 6.08 Å². The number of hydrogen-bond donors (Lipinski definition) is 1. The lowest BCUT2D eigenvalue weighted by atomic mass is 10.1. The van der Waals surface area contributed by atoms with Crippen LogP contribution in [0.1, 0.15) is 13.8 Å². The molecule has 0 aliphatic carbocycles. The number of hydrogen-bond acceptors (Lipinski definition) is 4. The van der Waals surface area contributed by atoms with Gasteiger partial charge in [0.15, 0.2) is 0 Å². The van der Waals surface area contributed by atoms with E-state index in [2.05, 4.69) is 0 Å². The maximum Gasteiger partial charge on any atom is 0.355 e. The zero-order valence-corrected chi connectivity index (χ0v) is 7.87. The van der Waals surface area contributed by atoms with Crippen molar-refractivity contribution in [2.75, 3.05) is 14.1 Å². The van der Waals surface area contributed by atoms with E-state index < -0.39 is 12.1 Å². The van der Waals surface area contributed by atoms with Crippen LogP contribution >= 0.6 is 0 Å². The van der Waals surface area contributed by atoms with Crippen molar-refractivity contribution in [3.05, 3.63) is 11.6 Å². The maximum absolute atomic E-state index is 11.1. The van der Waals surface area contributed by atoms with Crippen molar-refractivity contribution in [1.82, 2.24) is 5.06 Å². The van der Waals surface area contributed by atoms with Gasteiger partial charge in [0.1, 0.15) is 0 Å². The molecular formula is C8H15NO3. The molecule has 0 rings (SSSR count). The number of carbonyl (C=O) groups is 1. The second-order valence-corrected chi connectivity index (χ2v) is 2.61. The second kappa shape index (κ2) is 4.90. The number of carbonyl (C=O) groups excluding carboxylic acids is 1. The Morgan fingerprint density at radius 2 is 2.08 bits per heavy atom. The molecule has 0 heterocycles. The molecule has 0 saturated heterocycles. The first-order chi connectivity index (χ1) is 5.49. The van der Waals surface area contributed by atoms with Gasteiger partial charge in [-0.3, -0.25) is 0 Å². The van der Waals surface area contributed by atoms with Crippen molar-refractivity contribution in [2.24, 2.45) is 0 Å². The Labute approximate surface area is 72.4 Å². The van der Waals surface area contributed by atoms with Gasteiger partial charge in [-0.15, -0.1) is 5.06 Å². The molecule has 0 aromatic carbocycles. The van der Waals surface area contributed by atoms with Gasteiger partial charge in [0, 0.05) is 14.1 Å². The fourth-order valence-corrected chi connectivity index (χ4v) is 0.748. The number of allylic oxidation sites excluding steroid dienone is 1. The van der Waals surface area contributed by atoms with Crippen LogP contribution in [0.2, 0.25) is 0 Å². The van der Waals surface area contributed by atoms with E-state index in [0.717, 1.165) is 0 Å². The minimum Gasteiger partial charge on any atom is -0.388 e. The van der Waals surface area contributed by atoms with E-state index in [9.17, 15) is 4.79 Å². The van der Waals surface area contributed by atoms with Gasteiger partial charge < -0.3 is 9.94 Å². The lowest BCUT2D eigenvalue weighted by molar-refractivity contribution is -0.174. The van der Waals surface area contributed by atoms with Crippen LogP contribution in [0.3, 0.4) is 0 Å². The second-order valence-electron chi connectivity index (χ2n) is 2.61. The summed E-state index contributed by atoms with van der Waals surface area (Å²) in [4.78, 5) is 15.9. The molecular weight excluding hydrogens is 158 g/mol. The highest BCUT2D eigenvalue weighted by Crippen LogP contribution is 2.04. The van der Waals surface area contributed by atoms with Crippen LogP contribution in [0, 0.1) is 0 Å². The highest BCUT2D eigenvalue weighted by molar-refractivity contribution is 5.89. The Morgan fingerprint density at radius 1 is 1.58 bits per heavy atom. The largest absolute Gasteiger partial charge is 0.388 e. The molecule has 0 aliphatic heterocycles. The Balaban J connectivity index is 4.25. The Morgan fingerprint density at radius 3 is 2.33 bits per heavy atom. The van der Waals surface area contributed by atoms with E-state index in [1.54, 1.807) is 21.0 Å². The van der Waals surface area contributed by atoms with Crippen molar-refractivity contribution in [2.45, 2.75) is 20.0 Å². The number of aliphatic hydroxyl groups is 1. The number of aliphatic hydroxyl groups excluding tert-OH is 1. The molecule has 0 saturated carbocycles. The summed E-state index contributed by atoms with van der Waals surface area (Å²) in [5, 5.41) is 10.4. The predicted molar refractivity (Wildman–Crippen MR) is 45.2 cm³/mol. The van der Waals surface area contributed by atoms with Crippen molar-refractivity contribution in [1.29, 1.82) is 0 Å². The standard InChI is InChI=1S/C8H15NO3/c1-5-7(6(2)10)8(11)12-9(3)4/h5-6,10H,1-4H3. The third-order valence-corrected chi connectivity index (χ3v) is 1.26. The molecule has 0 bridgehead atoms. The predicted octanol–water partition coefficient (Wildman–Crippen LogP) is 0.333. The average Bonchev–Trinajstić information content (AvgIpc) is 1.85. The van der Waals surface area contributed by atoms with Crippen LogP contribution in [-0.4, -0.2) is 36.3 Å². The minimum atomic E-state index is -0.789. The monoisotopic (exact) mass is 173 g/mol. The van der Waals surface area contributed by atoms with E-state index in [-0.39, 0.29) is 5.57 Å². The Kier molecular flexibility index (Phi) is 4.54. The molecule has 0 spiro atoms. The van der Waals surface area contributed by atoms with Crippen molar-refractivity contribution >= 4 is 5.97 Å². The topological polar surface area (TPSA) is 49.8 Å². The molecule has 0 aromatic rings. The van der Waals surface area contributed by atoms with Crippen LogP contribution in [0.15, 0.2) is 11.6 Å². The molecule has 4 nitrogen and oxygen atoms in total. The number of nitrogens with zero attached hydrogens (tertiary/aromatic N) is 1. The summed E-state index contributed by atoms with van der Waals surface area (Å²) < 4.78 is 0. The highest BCUT2D eigenvalue weighted by atomic mass is 16.7. The molecule has 1 atom stereocenters. The summed E-state index contributed by atoms with van der Waals surface area (Å²) in [5.41, 5.74) is 0.267. The van der Waals surface area contributed by atoms with Crippen molar-refractivity contribution in [3.8, 4) is 0 Å². The molecule has 0 amide bonds. The third kappa shape index (κ3) is 3.50. The first-order valence-electron chi connectivity index (χ1n) is 3.73. The molecule has 0 radical (unpaired) electrons. The van der Waals surface area contributed by atoms with Crippen molar-refractivity contribution < 1.29 is 14.7 Å². The molecule has 0 aliphatic rings. The number of rotatable bonds is 3. The lowest BCUT2D eigenvalue weighted by Crippen LogP contribution is -2.24. The lowest BCUT2D eigenvalue weighted by Gasteiger charge is -2.13. The van der Waals surface area contributed by atoms with Gasteiger partial charge in [-0.05, 0) is 13.8 Å². The van der Waals surface area contributed by atoms with Gasteiger partial charge in [0.05, 0.1) is 11.7 Å².